The second-order valence-electron chi connectivity index (χ2n) is 6.25. The summed E-state index contributed by atoms with van der Waals surface area (Å²) in [6, 6.07) is 4.49. The summed E-state index contributed by atoms with van der Waals surface area (Å²) in [6.45, 7) is 5.28. The Kier molecular flexibility index (Phi) is 9.85. The normalized spacial score (nSPS) is 17.0. The summed E-state index contributed by atoms with van der Waals surface area (Å²) in [5, 5.41) is 6.03. The van der Waals surface area contributed by atoms with Gasteiger partial charge in [0.15, 0.2) is 5.96 Å². The lowest BCUT2D eigenvalue weighted by Gasteiger charge is -2.21. The van der Waals surface area contributed by atoms with Crippen LogP contribution in [0.1, 0.15) is 22.3 Å². The van der Waals surface area contributed by atoms with E-state index in [0.29, 0.717) is 30.1 Å². The SMILES string of the molecule is CN=C(NCCNC(=O)c1ccc(C)c(F)c1)N1CCC(COC)C1.I. The molecule has 0 aliphatic carbocycles. The number of likely N-dealkylation sites (tertiary alicyclic amines) is 1. The van der Waals surface area contributed by atoms with Crippen molar-refractivity contribution in [1.82, 2.24) is 15.5 Å². The molecule has 1 aromatic rings. The van der Waals surface area contributed by atoms with Crippen molar-refractivity contribution in [2.24, 2.45) is 10.9 Å². The molecule has 1 atom stereocenters. The third kappa shape index (κ3) is 6.39. The van der Waals surface area contributed by atoms with E-state index in [4.69, 9.17) is 4.74 Å². The molecule has 0 radical (unpaired) electrons. The summed E-state index contributed by atoms with van der Waals surface area (Å²) in [4.78, 5) is 18.5. The number of ether oxygens (including phenoxy) is 1. The lowest BCUT2D eigenvalue weighted by atomic mass is 10.1. The van der Waals surface area contributed by atoms with Crippen LogP contribution in [0, 0.1) is 18.7 Å². The Bertz CT molecular complexity index is 627. The summed E-state index contributed by atoms with van der Waals surface area (Å²) < 4.78 is 18.7. The van der Waals surface area contributed by atoms with Gasteiger partial charge in [-0.15, -0.1) is 24.0 Å². The van der Waals surface area contributed by atoms with E-state index < -0.39 is 0 Å². The molecule has 8 heteroatoms. The first-order valence-electron chi connectivity index (χ1n) is 8.54. The Morgan fingerprint density at radius 2 is 2.12 bits per heavy atom. The first kappa shape index (κ1) is 22.6. The predicted molar refractivity (Wildman–Crippen MR) is 112 cm³/mol. The maximum absolute atomic E-state index is 13.5. The Labute approximate surface area is 171 Å². The Morgan fingerprint density at radius 3 is 2.77 bits per heavy atom. The lowest BCUT2D eigenvalue weighted by Crippen LogP contribution is -2.43. The number of aryl methyl sites for hydroxylation is 1. The van der Waals surface area contributed by atoms with Gasteiger partial charge in [0.1, 0.15) is 5.82 Å². The highest BCUT2D eigenvalue weighted by atomic mass is 127. The van der Waals surface area contributed by atoms with E-state index in [0.717, 1.165) is 32.1 Å². The molecule has 1 aliphatic rings. The molecule has 1 saturated heterocycles. The van der Waals surface area contributed by atoms with Gasteiger partial charge in [-0.05, 0) is 31.0 Å². The van der Waals surface area contributed by atoms with Gasteiger partial charge < -0.3 is 20.3 Å². The van der Waals surface area contributed by atoms with Crippen molar-refractivity contribution in [3.8, 4) is 0 Å². The Balaban J connectivity index is 0.00000338. The second-order valence-corrected chi connectivity index (χ2v) is 6.25. The predicted octanol–water partition coefficient (Wildman–Crippen LogP) is 2.03. The van der Waals surface area contributed by atoms with E-state index in [-0.39, 0.29) is 35.7 Å². The number of rotatable bonds is 6. The average molecular weight is 478 g/mol. The van der Waals surface area contributed by atoms with E-state index >= 15 is 0 Å². The Morgan fingerprint density at radius 1 is 1.38 bits per heavy atom. The number of hydrogen-bond acceptors (Lipinski definition) is 3. The average Bonchev–Trinajstić information content (AvgIpc) is 3.06. The number of hydrogen-bond donors (Lipinski definition) is 2. The van der Waals surface area contributed by atoms with Gasteiger partial charge in [-0.1, -0.05) is 6.07 Å². The highest BCUT2D eigenvalue weighted by molar-refractivity contribution is 14.0. The van der Waals surface area contributed by atoms with Crippen molar-refractivity contribution in [2.75, 3.05) is 46.9 Å². The van der Waals surface area contributed by atoms with E-state index in [1.54, 1.807) is 33.2 Å². The minimum atomic E-state index is -0.370. The van der Waals surface area contributed by atoms with Gasteiger partial charge in [0.25, 0.3) is 5.91 Å². The van der Waals surface area contributed by atoms with Gasteiger partial charge in [0, 0.05) is 51.8 Å². The fraction of sp³-hybridized carbons (Fsp3) is 0.556. The number of carbonyl (C=O) groups is 1. The minimum Gasteiger partial charge on any atom is -0.384 e. The topological polar surface area (TPSA) is 66.0 Å². The third-order valence-corrected chi connectivity index (χ3v) is 4.33. The standard InChI is InChI=1S/C18H27FN4O2.HI/c1-13-4-5-15(10-16(13)19)17(24)21-7-8-22-18(20-2)23-9-6-14(11-23)12-25-3;/h4-5,10,14H,6-9,11-12H2,1-3H3,(H,20,22)(H,21,24);1H. The van der Waals surface area contributed by atoms with Gasteiger partial charge in [0.2, 0.25) is 0 Å². The lowest BCUT2D eigenvalue weighted by molar-refractivity contribution is 0.0954. The zero-order valence-electron chi connectivity index (χ0n) is 15.5. The van der Waals surface area contributed by atoms with Crippen molar-refractivity contribution in [1.29, 1.82) is 0 Å². The fourth-order valence-corrected chi connectivity index (χ4v) is 2.92. The van der Waals surface area contributed by atoms with E-state index in [9.17, 15) is 9.18 Å². The molecule has 146 valence electrons. The largest absolute Gasteiger partial charge is 0.384 e. The number of amides is 1. The van der Waals surface area contributed by atoms with Gasteiger partial charge in [-0.25, -0.2) is 4.39 Å². The van der Waals surface area contributed by atoms with Crippen LogP contribution in [0.5, 0.6) is 0 Å². The number of aliphatic imine (C=N–C) groups is 1. The molecule has 26 heavy (non-hydrogen) atoms. The molecule has 1 aromatic carbocycles. The quantitative estimate of drug-likeness (QED) is 0.284. The van der Waals surface area contributed by atoms with Crippen LogP contribution in [0.2, 0.25) is 0 Å². The van der Waals surface area contributed by atoms with E-state index in [2.05, 4.69) is 20.5 Å². The van der Waals surface area contributed by atoms with Crippen molar-refractivity contribution in [3.63, 3.8) is 0 Å². The highest BCUT2D eigenvalue weighted by Crippen LogP contribution is 2.16. The molecule has 2 rings (SSSR count). The minimum absolute atomic E-state index is 0. The van der Waals surface area contributed by atoms with Crippen LogP contribution < -0.4 is 10.6 Å². The summed E-state index contributed by atoms with van der Waals surface area (Å²) in [5.41, 5.74) is 0.855. The molecular formula is C18H28FIN4O2. The monoisotopic (exact) mass is 478 g/mol. The summed E-state index contributed by atoms with van der Waals surface area (Å²) in [5.74, 6) is 0.705. The molecule has 6 nitrogen and oxygen atoms in total. The van der Waals surface area contributed by atoms with Crippen molar-refractivity contribution in [2.45, 2.75) is 13.3 Å². The van der Waals surface area contributed by atoms with Crippen LogP contribution in [0.3, 0.4) is 0 Å². The molecule has 1 fully saturated rings. The number of methoxy groups -OCH3 is 1. The van der Waals surface area contributed by atoms with Crippen LogP contribution in [0.25, 0.3) is 0 Å². The van der Waals surface area contributed by atoms with Gasteiger partial charge in [0.05, 0.1) is 6.61 Å². The first-order valence-corrected chi connectivity index (χ1v) is 8.54. The van der Waals surface area contributed by atoms with Crippen LogP contribution in [-0.4, -0.2) is 63.7 Å². The molecule has 2 N–H and O–H groups in total. The summed E-state index contributed by atoms with van der Waals surface area (Å²) >= 11 is 0. The number of nitrogens with zero attached hydrogens (tertiary/aromatic N) is 2. The highest BCUT2D eigenvalue weighted by Gasteiger charge is 2.24. The van der Waals surface area contributed by atoms with Crippen LogP contribution in [0.4, 0.5) is 4.39 Å². The summed E-state index contributed by atoms with van der Waals surface area (Å²) in [6.07, 6.45) is 1.09. The number of carbonyl (C=O) groups excluding carboxylic acids is 1. The number of guanidine groups is 1. The maximum atomic E-state index is 13.5. The van der Waals surface area contributed by atoms with Crippen LogP contribution in [0.15, 0.2) is 23.2 Å². The van der Waals surface area contributed by atoms with Crippen molar-refractivity contribution < 1.29 is 13.9 Å². The zero-order chi connectivity index (χ0) is 18.2. The van der Waals surface area contributed by atoms with E-state index in [1.165, 1.54) is 6.07 Å². The molecule has 1 heterocycles. The number of benzene rings is 1. The third-order valence-electron chi connectivity index (χ3n) is 4.33. The zero-order valence-corrected chi connectivity index (χ0v) is 17.9. The number of halogens is 2. The molecule has 0 aromatic heterocycles. The molecule has 1 amide bonds. The molecule has 0 saturated carbocycles. The molecule has 1 unspecified atom stereocenters. The summed E-state index contributed by atoms with van der Waals surface area (Å²) in [7, 11) is 3.47. The molecule has 0 bridgehead atoms. The van der Waals surface area contributed by atoms with Gasteiger partial charge in [-0.2, -0.15) is 0 Å². The van der Waals surface area contributed by atoms with Crippen molar-refractivity contribution in [3.05, 3.63) is 35.1 Å². The Hall–Kier alpha value is -1.42. The smallest absolute Gasteiger partial charge is 0.251 e. The number of nitrogens with one attached hydrogen (secondary N) is 2. The fourth-order valence-electron chi connectivity index (χ4n) is 2.92. The van der Waals surface area contributed by atoms with Gasteiger partial charge in [-0.3, -0.25) is 9.79 Å². The second kappa shape index (κ2) is 11.3. The van der Waals surface area contributed by atoms with Crippen molar-refractivity contribution >= 4 is 35.8 Å². The first-order chi connectivity index (χ1) is 12.0. The molecule has 1 aliphatic heterocycles. The van der Waals surface area contributed by atoms with E-state index in [1.807, 2.05) is 0 Å². The van der Waals surface area contributed by atoms with Gasteiger partial charge >= 0.3 is 0 Å². The molecular weight excluding hydrogens is 450 g/mol. The van der Waals surface area contributed by atoms with Crippen LogP contribution in [-0.2, 0) is 4.74 Å². The molecule has 0 spiro atoms. The maximum Gasteiger partial charge on any atom is 0.251 e. The van der Waals surface area contributed by atoms with Crippen LogP contribution >= 0.6 is 24.0 Å².